The van der Waals surface area contributed by atoms with Crippen molar-refractivity contribution in [3.05, 3.63) is 45.9 Å². The fraction of sp³-hybridized carbons (Fsp3) is 0.250. The normalized spacial score (nSPS) is 10.1. The number of amides is 2. The van der Waals surface area contributed by atoms with Crippen molar-refractivity contribution in [1.29, 1.82) is 0 Å². The first-order valence-corrected chi connectivity index (χ1v) is 9.53. The molecule has 9 nitrogen and oxygen atoms in total. The number of hydrogen-bond donors (Lipinski definition) is 2. The van der Waals surface area contributed by atoms with Gasteiger partial charge in [-0.05, 0) is 30.3 Å². The van der Waals surface area contributed by atoms with Crippen LogP contribution >= 0.6 is 23.2 Å². The van der Waals surface area contributed by atoms with Crippen LogP contribution in [0.1, 0.15) is 10.4 Å². The summed E-state index contributed by atoms with van der Waals surface area (Å²) in [6, 6.07) is 7.41. The quantitative estimate of drug-likeness (QED) is 0.541. The van der Waals surface area contributed by atoms with Crippen LogP contribution in [0.5, 0.6) is 17.2 Å². The van der Waals surface area contributed by atoms with Crippen LogP contribution in [0.25, 0.3) is 0 Å². The maximum Gasteiger partial charge on any atom is 0.325 e. The van der Waals surface area contributed by atoms with Gasteiger partial charge in [-0.2, -0.15) is 0 Å². The zero-order valence-electron chi connectivity index (χ0n) is 16.9. The van der Waals surface area contributed by atoms with Crippen molar-refractivity contribution < 1.29 is 33.3 Å². The number of rotatable bonds is 9. The van der Waals surface area contributed by atoms with E-state index in [-0.39, 0.29) is 27.8 Å². The third-order valence-electron chi connectivity index (χ3n) is 3.89. The fourth-order valence-corrected chi connectivity index (χ4v) is 2.78. The number of nitrogens with one attached hydrogen (secondary N) is 2. The minimum absolute atomic E-state index is 0.177. The second-order valence-corrected chi connectivity index (χ2v) is 6.77. The maximum absolute atomic E-state index is 12.4. The Morgan fingerprint density at radius 1 is 0.935 bits per heavy atom. The van der Waals surface area contributed by atoms with Gasteiger partial charge in [0.1, 0.15) is 6.54 Å². The SMILES string of the molecule is COc1cc(C(=O)NCC(=O)OCC(=O)Nc2cc(Cl)ccc2Cl)cc(OC)c1OC. The lowest BCUT2D eigenvalue weighted by molar-refractivity contribution is -0.146. The molecule has 0 aliphatic heterocycles. The van der Waals surface area contributed by atoms with Crippen molar-refractivity contribution in [2.75, 3.05) is 39.8 Å². The number of carbonyl (C=O) groups is 3. The summed E-state index contributed by atoms with van der Waals surface area (Å²) in [5.41, 5.74) is 0.460. The Morgan fingerprint density at radius 2 is 1.58 bits per heavy atom. The van der Waals surface area contributed by atoms with Gasteiger partial charge in [0.05, 0.1) is 32.0 Å². The molecule has 2 amide bonds. The third-order valence-corrected chi connectivity index (χ3v) is 4.45. The molecule has 0 bridgehead atoms. The molecular weight excluding hydrogens is 451 g/mol. The summed E-state index contributed by atoms with van der Waals surface area (Å²) >= 11 is 11.8. The van der Waals surface area contributed by atoms with Gasteiger partial charge >= 0.3 is 5.97 Å². The molecule has 11 heteroatoms. The molecule has 0 saturated heterocycles. The van der Waals surface area contributed by atoms with Gasteiger partial charge in [0, 0.05) is 10.6 Å². The molecule has 0 aromatic heterocycles. The summed E-state index contributed by atoms with van der Waals surface area (Å²) in [7, 11) is 4.27. The molecule has 2 rings (SSSR count). The Morgan fingerprint density at radius 3 is 2.16 bits per heavy atom. The highest BCUT2D eigenvalue weighted by Crippen LogP contribution is 2.38. The average Bonchev–Trinajstić information content (AvgIpc) is 2.77. The lowest BCUT2D eigenvalue weighted by atomic mass is 10.1. The summed E-state index contributed by atoms with van der Waals surface area (Å²) in [4.78, 5) is 36.2. The lowest BCUT2D eigenvalue weighted by Crippen LogP contribution is -2.32. The Kier molecular flexibility index (Phi) is 8.77. The molecule has 2 aromatic rings. The van der Waals surface area contributed by atoms with Gasteiger partial charge in [0.15, 0.2) is 18.1 Å². The van der Waals surface area contributed by atoms with E-state index in [1.165, 1.54) is 45.6 Å². The number of hydrogen-bond acceptors (Lipinski definition) is 7. The zero-order valence-corrected chi connectivity index (χ0v) is 18.4. The number of carbonyl (C=O) groups excluding carboxylic acids is 3. The van der Waals surface area contributed by atoms with Crippen molar-refractivity contribution in [2.45, 2.75) is 0 Å². The molecule has 0 radical (unpaired) electrons. The topological polar surface area (TPSA) is 112 Å². The smallest absolute Gasteiger partial charge is 0.325 e. The van der Waals surface area contributed by atoms with Gasteiger partial charge in [0.2, 0.25) is 5.75 Å². The van der Waals surface area contributed by atoms with Crippen molar-refractivity contribution in [3.63, 3.8) is 0 Å². The Balaban J connectivity index is 1.89. The van der Waals surface area contributed by atoms with Gasteiger partial charge in [-0.25, -0.2) is 0 Å². The summed E-state index contributed by atoms with van der Waals surface area (Å²) < 4.78 is 20.4. The lowest BCUT2D eigenvalue weighted by Gasteiger charge is -2.14. The largest absolute Gasteiger partial charge is 0.493 e. The molecule has 0 unspecified atom stereocenters. The van der Waals surface area contributed by atoms with E-state index in [1.54, 1.807) is 6.07 Å². The Hall–Kier alpha value is -3.17. The van der Waals surface area contributed by atoms with Crippen LogP contribution < -0.4 is 24.8 Å². The van der Waals surface area contributed by atoms with Crippen molar-refractivity contribution in [2.24, 2.45) is 0 Å². The van der Waals surface area contributed by atoms with E-state index in [1.807, 2.05) is 0 Å². The molecule has 31 heavy (non-hydrogen) atoms. The van der Waals surface area contributed by atoms with Crippen LogP contribution in [0, 0.1) is 0 Å². The van der Waals surface area contributed by atoms with Crippen LogP contribution in [0.15, 0.2) is 30.3 Å². The molecule has 2 aromatic carbocycles. The van der Waals surface area contributed by atoms with Gasteiger partial charge in [0.25, 0.3) is 11.8 Å². The monoisotopic (exact) mass is 470 g/mol. The van der Waals surface area contributed by atoms with E-state index in [2.05, 4.69) is 10.6 Å². The van der Waals surface area contributed by atoms with Crippen molar-refractivity contribution >= 4 is 46.7 Å². The van der Waals surface area contributed by atoms with Gasteiger partial charge in [-0.15, -0.1) is 0 Å². The standard InChI is InChI=1S/C20H20Cl2N2O7/c1-28-15-6-11(7-16(29-2)19(15)30-3)20(27)23-9-18(26)31-10-17(25)24-14-8-12(21)4-5-13(14)22/h4-8H,9-10H2,1-3H3,(H,23,27)(H,24,25). The molecular formula is C20H20Cl2N2O7. The maximum atomic E-state index is 12.4. The average molecular weight is 471 g/mol. The molecule has 0 fully saturated rings. The van der Waals surface area contributed by atoms with Gasteiger partial charge in [-0.3, -0.25) is 14.4 Å². The highest BCUT2D eigenvalue weighted by Gasteiger charge is 2.18. The number of benzene rings is 2. The number of methoxy groups -OCH3 is 3. The second-order valence-electron chi connectivity index (χ2n) is 5.93. The molecule has 0 atom stereocenters. The number of anilines is 1. The summed E-state index contributed by atoms with van der Waals surface area (Å²) in [5, 5.41) is 5.53. The fourth-order valence-electron chi connectivity index (χ4n) is 2.44. The first-order valence-electron chi connectivity index (χ1n) is 8.77. The van der Waals surface area contributed by atoms with E-state index < -0.39 is 30.9 Å². The number of ether oxygens (including phenoxy) is 4. The van der Waals surface area contributed by atoms with Gasteiger partial charge < -0.3 is 29.6 Å². The highest BCUT2D eigenvalue weighted by molar-refractivity contribution is 6.35. The second kappa shape index (κ2) is 11.3. The number of esters is 1. The van der Waals surface area contributed by atoms with E-state index in [0.717, 1.165) is 0 Å². The molecule has 0 spiro atoms. The predicted octanol–water partition coefficient (Wildman–Crippen LogP) is 2.93. The highest BCUT2D eigenvalue weighted by atomic mass is 35.5. The molecule has 0 heterocycles. The van der Waals surface area contributed by atoms with E-state index in [9.17, 15) is 14.4 Å². The Labute approximate surface area is 188 Å². The van der Waals surface area contributed by atoms with Crippen LogP contribution in [0.4, 0.5) is 5.69 Å². The van der Waals surface area contributed by atoms with Crippen LogP contribution in [0.3, 0.4) is 0 Å². The molecule has 166 valence electrons. The molecule has 0 aliphatic carbocycles. The van der Waals surface area contributed by atoms with Crippen molar-refractivity contribution in [3.8, 4) is 17.2 Å². The van der Waals surface area contributed by atoms with Crippen molar-refractivity contribution in [1.82, 2.24) is 5.32 Å². The van der Waals surface area contributed by atoms with Crippen LogP contribution in [-0.2, 0) is 14.3 Å². The first kappa shape index (κ1) is 24.1. The molecule has 0 aliphatic rings. The van der Waals surface area contributed by atoms with Crippen LogP contribution in [0.2, 0.25) is 10.0 Å². The molecule has 2 N–H and O–H groups in total. The van der Waals surface area contributed by atoms with Gasteiger partial charge in [-0.1, -0.05) is 23.2 Å². The molecule has 0 saturated carbocycles. The summed E-state index contributed by atoms with van der Waals surface area (Å²) in [6.45, 7) is -1.03. The minimum atomic E-state index is -0.812. The van der Waals surface area contributed by atoms with E-state index in [4.69, 9.17) is 42.1 Å². The number of halogens is 2. The first-order chi connectivity index (χ1) is 14.8. The van der Waals surface area contributed by atoms with E-state index in [0.29, 0.717) is 10.8 Å². The Bertz CT molecular complexity index is 957. The summed E-state index contributed by atoms with van der Waals surface area (Å²) in [6.07, 6.45) is 0. The third kappa shape index (κ3) is 6.66. The summed E-state index contributed by atoms with van der Waals surface area (Å²) in [5.74, 6) is -1.11. The van der Waals surface area contributed by atoms with Crippen LogP contribution in [-0.4, -0.2) is 52.3 Å². The zero-order chi connectivity index (χ0) is 23.0. The minimum Gasteiger partial charge on any atom is -0.493 e. The predicted molar refractivity (Wildman–Crippen MR) is 114 cm³/mol. The van der Waals surface area contributed by atoms with E-state index >= 15 is 0 Å².